The lowest BCUT2D eigenvalue weighted by molar-refractivity contribution is -0.141. The minimum absolute atomic E-state index is 0.0816. The van der Waals surface area contributed by atoms with Gasteiger partial charge in [-0.15, -0.1) is 0 Å². The molecule has 0 saturated carbocycles. The van der Waals surface area contributed by atoms with Crippen molar-refractivity contribution in [2.75, 3.05) is 25.0 Å². The van der Waals surface area contributed by atoms with Gasteiger partial charge in [-0.05, 0) is 25.0 Å². The molecule has 1 aromatic heterocycles. The zero-order valence-electron chi connectivity index (χ0n) is 14.5. The Kier molecular flexibility index (Phi) is 5.11. The summed E-state index contributed by atoms with van der Waals surface area (Å²) in [7, 11) is 1.80. The largest absolute Gasteiger partial charge is 0.433 e. The fraction of sp³-hybridized carbons (Fsp3) is 0.647. The van der Waals surface area contributed by atoms with Gasteiger partial charge in [0.2, 0.25) is 5.91 Å². The molecule has 1 saturated heterocycles. The summed E-state index contributed by atoms with van der Waals surface area (Å²) in [5.74, 6) is 0.422. The van der Waals surface area contributed by atoms with Crippen molar-refractivity contribution in [3.8, 4) is 0 Å². The maximum atomic E-state index is 12.8. The lowest BCUT2D eigenvalue weighted by atomic mass is 9.92. The number of pyridine rings is 1. The third-order valence-corrected chi connectivity index (χ3v) is 4.32. The first-order valence-corrected chi connectivity index (χ1v) is 8.06. The molecule has 0 aliphatic carbocycles. The lowest BCUT2D eigenvalue weighted by Gasteiger charge is -2.39. The monoisotopic (exact) mass is 343 g/mol. The van der Waals surface area contributed by atoms with Gasteiger partial charge < -0.3 is 9.80 Å². The standard InChI is InChI=1S/C17H24F3N3O/c1-16(2,3)15(24)22(4)12-8-10-23(11-9-12)14-7-5-6-13(21-14)17(18,19)20/h5-7,12H,8-11H2,1-4H3. The quantitative estimate of drug-likeness (QED) is 0.824. The molecule has 1 aromatic rings. The number of amides is 1. The van der Waals surface area contributed by atoms with E-state index in [4.69, 9.17) is 0 Å². The van der Waals surface area contributed by atoms with Crippen molar-refractivity contribution in [3.05, 3.63) is 23.9 Å². The first-order valence-electron chi connectivity index (χ1n) is 8.06. The van der Waals surface area contributed by atoms with E-state index in [0.717, 1.165) is 18.9 Å². The average Bonchev–Trinajstić information content (AvgIpc) is 2.52. The molecule has 2 heterocycles. The van der Waals surface area contributed by atoms with E-state index in [9.17, 15) is 18.0 Å². The summed E-state index contributed by atoms with van der Waals surface area (Å²) in [6.45, 7) is 6.82. The molecule has 0 unspecified atom stereocenters. The number of hydrogen-bond acceptors (Lipinski definition) is 3. The first-order chi connectivity index (χ1) is 11.0. The Bertz CT molecular complexity index is 587. The molecule has 0 bridgehead atoms. The average molecular weight is 343 g/mol. The number of hydrogen-bond donors (Lipinski definition) is 0. The van der Waals surface area contributed by atoms with Gasteiger partial charge in [0, 0.05) is 31.6 Å². The van der Waals surface area contributed by atoms with Crippen molar-refractivity contribution < 1.29 is 18.0 Å². The Morgan fingerprint density at radius 3 is 2.29 bits per heavy atom. The number of halogens is 3. The number of aromatic nitrogens is 1. The molecule has 1 aliphatic rings. The number of nitrogens with zero attached hydrogens (tertiary/aromatic N) is 3. The summed E-state index contributed by atoms with van der Waals surface area (Å²) in [5.41, 5.74) is -1.31. The molecule has 7 heteroatoms. The number of anilines is 1. The van der Waals surface area contributed by atoms with Crippen LogP contribution in [0.5, 0.6) is 0 Å². The van der Waals surface area contributed by atoms with E-state index < -0.39 is 17.3 Å². The highest BCUT2D eigenvalue weighted by Crippen LogP contribution is 2.30. The first kappa shape index (κ1) is 18.5. The van der Waals surface area contributed by atoms with Gasteiger partial charge in [0.15, 0.2) is 0 Å². The number of carbonyl (C=O) groups excluding carboxylic acids is 1. The van der Waals surface area contributed by atoms with Gasteiger partial charge in [0.25, 0.3) is 0 Å². The predicted molar refractivity (Wildman–Crippen MR) is 86.7 cm³/mol. The summed E-state index contributed by atoms with van der Waals surface area (Å²) >= 11 is 0. The molecule has 1 aliphatic heterocycles. The van der Waals surface area contributed by atoms with Gasteiger partial charge in [0.05, 0.1) is 0 Å². The summed E-state index contributed by atoms with van der Waals surface area (Å²) in [5, 5.41) is 0. The minimum Gasteiger partial charge on any atom is -0.356 e. The Morgan fingerprint density at radius 1 is 1.21 bits per heavy atom. The van der Waals surface area contributed by atoms with Crippen LogP contribution in [0, 0.1) is 5.41 Å². The van der Waals surface area contributed by atoms with Gasteiger partial charge in [-0.1, -0.05) is 26.8 Å². The molecule has 0 N–H and O–H groups in total. The maximum absolute atomic E-state index is 12.8. The van der Waals surface area contributed by atoms with Crippen LogP contribution in [0.1, 0.15) is 39.3 Å². The van der Waals surface area contributed by atoms with Gasteiger partial charge in [-0.2, -0.15) is 13.2 Å². The van der Waals surface area contributed by atoms with E-state index >= 15 is 0 Å². The van der Waals surface area contributed by atoms with Gasteiger partial charge in [-0.25, -0.2) is 4.98 Å². The van der Waals surface area contributed by atoms with Gasteiger partial charge in [0.1, 0.15) is 11.5 Å². The summed E-state index contributed by atoms with van der Waals surface area (Å²) < 4.78 is 38.3. The van der Waals surface area contributed by atoms with Crippen LogP contribution < -0.4 is 4.90 Å². The van der Waals surface area contributed by atoms with E-state index in [1.165, 1.54) is 6.07 Å². The molecule has 0 radical (unpaired) electrons. The molecule has 0 spiro atoms. The van der Waals surface area contributed by atoms with Crippen LogP contribution in [0.25, 0.3) is 0 Å². The molecule has 1 fully saturated rings. The smallest absolute Gasteiger partial charge is 0.356 e. The third-order valence-electron chi connectivity index (χ3n) is 4.32. The van der Waals surface area contributed by atoms with Crippen molar-refractivity contribution >= 4 is 11.7 Å². The molecule has 134 valence electrons. The zero-order valence-corrected chi connectivity index (χ0v) is 14.5. The van der Waals surface area contributed by atoms with Crippen LogP contribution in [0.4, 0.5) is 19.0 Å². The van der Waals surface area contributed by atoms with Crippen molar-refractivity contribution in [1.82, 2.24) is 9.88 Å². The molecular formula is C17H24F3N3O. The summed E-state index contributed by atoms with van der Waals surface area (Å²) in [6, 6.07) is 4.07. The molecule has 24 heavy (non-hydrogen) atoms. The van der Waals surface area contributed by atoms with E-state index in [1.54, 1.807) is 18.0 Å². The van der Waals surface area contributed by atoms with Crippen molar-refractivity contribution in [2.45, 2.75) is 45.8 Å². The van der Waals surface area contributed by atoms with Crippen molar-refractivity contribution in [1.29, 1.82) is 0 Å². The second-order valence-corrected chi connectivity index (χ2v) is 7.26. The topological polar surface area (TPSA) is 36.4 Å². The molecule has 0 aromatic carbocycles. The Hall–Kier alpha value is -1.79. The van der Waals surface area contributed by atoms with E-state index in [1.807, 2.05) is 25.7 Å². The van der Waals surface area contributed by atoms with E-state index in [-0.39, 0.29) is 11.9 Å². The summed E-state index contributed by atoms with van der Waals surface area (Å²) in [4.78, 5) is 19.7. The Labute approximate surface area is 140 Å². The highest BCUT2D eigenvalue weighted by Gasteiger charge is 2.34. The maximum Gasteiger partial charge on any atom is 0.433 e. The molecule has 2 rings (SSSR count). The molecule has 1 amide bonds. The second kappa shape index (κ2) is 6.61. The summed E-state index contributed by atoms with van der Waals surface area (Å²) in [6.07, 6.45) is -3.00. The third kappa shape index (κ3) is 4.19. The Balaban J connectivity index is 2.02. The SMILES string of the molecule is CN(C(=O)C(C)(C)C)C1CCN(c2cccc(C(F)(F)F)n2)CC1. The van der Waals surface area contributed by atoms with E-state index in [2.05, 4.69) is 4.98 Å². The number of rotatable bonds is 2. The molecule has 0 atom stereocenters. The van der Waals surface area contributed by atoms with Crippen LogP contribution in [0.3, 0.4) is 0 Å². The fourth-order valence-electron chi connectivity index (χ4n) is 2.93. The number of carbonyl (C=O) groups is 1. The second-order valence-electron chi connectivity index (χ2n) is 7.26. The van der Waals surface area contributed by atoms with Gasteiger partial charge in [-0.3, -0.25) is 4.79 Å². The van der Waals surface area contributed by atoms with Crippen LogP contribution in [-0.2, 0) is 11.0 Å². The van der Waals surface area contributed by atoms with Crippen molar-refractivity contribution in [3.63, 3.8) is 0 Å². The Morgan fingerprint density at radius 2 is 1.79 bits per heavy atom. The van der Waals surface area contributed by atoms with Crippen LogP contribution in [0.2, 0.25) is 0 Å². The van der Waals surface area contributed by atoms with Gasteiger partial charge >= 0.3 is 6.18 Å². The lowest BCUT2D eigenvalue weighted by Crippen LogP contribution is -2.48. The van der Waals surface area contributed by atoms with Crippen LogP contribution in [0.15, 0.2) is 18.2 Å². The molecule has 4 nitrogen and oxygen atoms in total. The zero-order chi connectivity index (χ0) is 18.1. The number of piperidine rings is 1. The minimum atomic E-state index is -4.44. The normalized spacial score (nSPS) is 17.0. The number of alkyl halides is 3. The molecular weight excluding hydrogens is 319 g/mol. The highest BCUT2D eigenvalue weighted by molar-refractivity contribution is 5.81. The fourth-order valence-corrected chi connectivity index (χ4v) is 2.93. The van der Waals surface area contributed by atoms with Crippen LogP contribution >= 0.6 is 0 Å². The van der Waals surface area contributed by atoms with E-state index in [0.29, 0.717) is 18.9 Å². The van der Waals surface area contributed by atoms with Crippen LogP contribution in [-0.4, -0.2) is 42.0 Å². The highest BCUT2D eigenvalue weighted by atomic mass is 19.4. The predicted octanol–water partition coefficient (Wildman–Crippen LogP) is 3.57. The van der Waals surface area contributed by atoms with Crippen molar-refractivity contribution in [2.24, 2.45) is 5.41 Å².